The van der Waals surface area contributed by atoms with E-state index in [2.05, 4.69) is 38.2 Å². The van der Waals surface area contributed by atoms with Crippen molar-refractivity contribution in [1.82, 2.24) is 0 Å². The van der Waals surface area contributed by atoms with Crippen LogP contribution in [0.15, 0.2) is 24.3 Å². The molecule has 0 bridgehead atoms. The van der Waals surface area contributed by atoms with Crippen LogP contribution in [0.1, 0.15) is 181 Å². The van der Waals surface area contributed by atoms with E-state index >= 15 is 0 Å². The number of aliphatic hydroxyl groups is 5. The van der Waals surface area contributed by atoms with Crippen LogP contribution in [-0.2, 0) is 32.7 Å². The zero-order chi connectivity index (χ0) is 42.2. The average Bonchev–Trinajstić information content (AvgIpc) is 3.19. The SMILES string of the molecule is CCCCCCCC/C=C/C/C=C/CCCCC(=O)O[C@H](COC(=O)CCCCCCCCCCCCCCC)COP(=O)(O)OC1C(O)C(O)C(O)[C@@H](O)C1O. The molecule has 1 aliphatic carbocycles. The standard InChI is InChI=1S/C43H79O13P/c1-3-5-7-9-11-13-15-17-18-20-22-24-26-28-30-32-37(45)55-35(34-54-57(51,52)56-43-41(49)39(47)38(46)40(48)42(43)50)33-53-36(44)31-29-27-25-23-21-19-16-14-12-10-8-6-4-2/h17-18,22,24,35,38-43,46-50H,3-16,19-21,23,25-34H2,1-2H3,(H,51,52)/b18-17+,24-22+/t35-,38?,39-,40?,41?,42?,43?/m1/s1. The number of hydrogen-bond donors (Lipinski definition) is 6. The van der Waals surface area contributed by atoms with E-state index < -0.39 is 75.7 Å². The molecule has 13 nitrogen and oxygen atoms in total. The molecule has 6 unspecified atom stereocenters. The van der Waals surface area contributed by atoms with Crippen molar-refractivity contribution in [3.05, 3.63) is 24.3 Å². The Morgan fingerprint density at radius 1 is 0.544 bits per heavy atom. The number of phosphoric ester groups is 1. The molecule has 0 aliphatic heterocycles. The molecule has 0 aromatic heterocycles. The molecule has 1 fully saturated rings. The minimum absolute atomic E-state index is 0.0568. The molecule has 14 heteroatoms. The number of rotatable bonds is 36. The largest absolute Gasteiger partial charge is 0.472 e. The first-order valence-electron chi connectivity index (χ1n) is 22.1. The van der Waals surface area contributed by atoms with E-state index in [1.807, 2.05) is 0 Å². The van der Waals surface area contributed by atoms with Gasteiger partial charge >= 0.3 is 19.8 Å². The first-order chi connectivity index (χ1) is 27.4. The van der Waals surface area contributed by atoms with Crippen LogP contribution in [0, 0.1) is 0 Å². The van der Waals surface area contributed by atoms with E-state index in [-0.39, 0.29) is 12.8 Å². The number of carbonyl (C=O) groups excluding carboxylic acids is 2. The molecule has 0 heterocycles. The molecule has 1 aliphatic rings. The third-order valence-electron chi connectivity index (χ3n) is 10.3. The number of phosphoric acid groups is 1. The number of esters is 2. The number of carbonyl (C=O) groups is 2. The van der Waals surface area contributed by atoms with Gasteiger partial charge in [-0.15, -0.1) is 0 Å². The van der Waals surface area contributed by atoms with Crippen LogP contribution in [0.2, 0.25) is 0 Å². The molecule has 0 spiro atoms. The maximum Gasteiger partial charge on any atom is 0.472 e. The highest BCUT2D eigenvalue weighted by Gasteiger charge is 2.51. The summed E-state index contributed by atoms with van der Waals surface area (Å²) in [5, 5.41) is 50.0. The summed E-state index contributed by atoms with van der Waals surface area (Å²) >= 11 is 0. The Kier molecular flexibility index (Phi) is 31.9. The molecule has 0 radical (unpaired) electrons. The minimum atomic E-state index is -5.12. The second kappa shape index (κ2) is 34.1. The van der Waals surface area contributed by atoms with Crippen molar-refractivity contribution in [2.24, 2.45) is 0 Å². The fourth-order valence-electron chi connectivity index (χ4n) is 6.67. The Hall–Kier alpha value is -1.67. The van der Waals surface area contributed by atoms with Crippen molar-refractivity contribution >= 4 is 19.8 Å². The van der Waals surface area contributed by atoms with Gasteiger partial charge in [-0.1, -0.05) is 147 Å². The van der Waals surface area contributed by atoms with Crippen LogP contribution in [0.25, 0.3) is 0 Å². The summed E-state index contributed by atoms with van der Waals surface area (Å²) in [6, 6.07) is 0. The van der Waals surface area contributed by atoms with Gasteiger partial charge in [0, 0.05) is 12.8 Å². The van der Waals surface area contributed by atoms with Gasteiger partial charge in [0.2, 0.25) is 0 Å². The van der Waals surface area contributed by atoms with Crippen LogP contribution in [-0.4, -0.2) is 98.3 Å². The topological polar surface area (TPSA) is 210 Å². The third kappa shape index (κ3) is 26.9. The van der Waals surface area contributed by atoms with E-state index in [0.717, 1.165) is 44.9 Å². The van der Waals surface area contributed by atoms with E-state index in [1.165, 1.54) is 96.3 Å². The number of unbranched alkanes of at least 4 members (excludes halogenated alkanes) is 20. The van der Waals surface area contributed by atoms with E-state index in [4.69, 9.17) is 18.5 Å². The smallest absolute Gasteiger partial charge is 0.462 e. The van der Waals surface area contributed by atoms with Gasteiger partial charge in [-0.2, -0.15) is 0 Å². The van der Waals surface area contributed by atoms with Crippen molar-refractivity contribution in [2.75, 3.05) is 13.2 Å². The monoisotopic (exact) mass is 835 g/mol. The molecule has 0 aromatic carbocycles. The summed E-state index contributed by atoms with van der Waals surface area (Å²) < 4.78 is 33.4. The van der Waals surface area contributed by atoms with Crippen molar-refractivity contribution in [3.63, 3.8) is 0 Å². The average molecular weight is 835 g/mol. The number of allylic oxidation sites excluding steroid dienone is 4. The molecular weight excluding hydrogens is 755 g/mol. The summed E-state index contributed by atoms with van der Waals surface area (Å²) in [5.41, 5.74) is 0. The lowest BCUT2D eigenvalue weighted by atomic mass is 9.85. The van der Waals surface area contributed by atoms with Gasteiger partial charge in [0.1, 0.15) is 43.2 Å². The van der Waals surface area contributed by atoms with Crippen molar-refractivity contribution in [3.8, 4) is 0 Å². The van der Waals surface area contributed by atoms with Crippen LogP contribution in [0.5, 0.6) is 0 Å². The molecule has 57 heavy (non-hydrogen) atoms. The lowest BCUT2D eigenvalue weighted by molar-refractivity contribution is -0.220. The Bertz CT molecular complexity index is 1100. The van der Waals surface area contributed by atoms with E-state index in [1.54, 1.807) is 0 Å². The fraction of sp³-hybridized carbons (Fsp3) is 0.860. The van der Waals surface area contributed by atoms with Gasteiger partial charge in [-0.3, -0.25) is 18.6 Å². The first kappa shape index (κ1) is 53.3. The van der Waals surface area contributed by atoms with Gasteiger partial charge < -0.3 is 39.9 Å². The summed E-state index contributed by atoms with van der Waals surface area (Å²) in [6.45, 7) is 3.26. The van der Waals surface area contributed by atoms with Crippen molar-refractivity contribution in [1.29, 1.82) is 0 Å². The maximum absolute atomic E-state index is 12.8. The fourth-order valence-corrected chi connectivity index (χ4v) is 7.64. The third-order valence-corrected chi connectivity index (χ3v) is 11.3. The number of hydrogen-bond acceptors (Lipinski definition) is 12. The van der Waals surface area contributed by atoms with Crippen molar-refractivity contribution in [2.45, 2.75) is 224 Å². The molecule has 0 aromatic rings. The van der Waals surface area contributed by atoms with Crippen LogP contribution in [0.3, 0.4) is 0 Å². The van der Waals surface area contributed by atoms with Gasteiger partial charge in [-0.25, -0.2) is 4.57 Å². The summed E-state index contributed by atoms with van der Waals surface area (Å²) in [6.07, 6.45) is 22.4. The predicted molar refractivity (Wildman–Crippen MR) is 221 cm³/mol. The van der Waals surface area contributed by atoms with E-state index in [0.29, 0.717) is 12.8 Å². The summed E-state index contributed by atoms with van der Waals surface area (Å²) in [4.78, 5) is 35.6. The molecule has 0 amide bonds. The van der Waals surface area contributed by atoms with E-state index in [9.17, 15) is 44.6 Å². The van der Waals surface area contributed by atoms with Crippen LogP contribution < -0.4 is 0 Å². The zero-order valence-corrected chi connectivity index (χ0v) is 36.0. The normalized spacial score (nSPS) is 22.9. The van der Waals surface area contributed by atoms with Crippen molar-refractivity contribution < 1.29 is 63.1 Å². The summed E-state index contributed by atoms with van der Waals surface area (Å²) in [5.74, 6) is -1.13. The quantitative estimate of drug-likeness (QED) is 0.0153. The highest BCUT2D eigenvalue weighted by Crippen LogP contribution is 2.47. The van der Waals surface area contributed by atoms with Gasteiger partial charge in [0.15, 0.2) is 6.10 Å². The minimum Gasteiger partial charge on any atom is -0.462 e. The molecule has 6 N–H and O–H groups in total. The van der Waals surface area contributed by atoms with Gasteiger partial charge in [-0.05, 0) is 44.9 Å². The predicted octanol–water partition coefficient (Wildman–Crippen LogP) is 8.06. The molecule has 1 saturated carbocycles. The zero-order valence-electron chi connectivity index (χ0n) is 35.1. The van der Waals surface area contributed by atoms with Crippen LogP contribution in [0.4, 0.5) is 0 Å². The Labute approximate surface area is 343 Å². The Morgan fingerprint density at radius 2 is 0.947 bits per heavy atom. The Morgan fingerprint density at radius 3 is 1.46 bits per heavy atom. The van der Waals surface area contributed by atoms with Gasteiger partial charge in [0.25, 0.3) is 0 Å². The maximum atomic E-state index is 12.8. The highest BCUT2D eigenvalue weighted by atomic mass is 31.2. The lowest BCUT2D eigenvalue weighted by Crippen LogP contribution is -2.64. The molecule has 1 rings (SSSR count). The Balaban J connectivity index is 2.51. The molecule has 0 saturated heterocycles. The number of ether oxygens (including phenoxy) is 2. The first-order valence-corrected chi connectivity index (χ1v) is 23.6. The molecule has 334 valence electrons. The molecule has 8 atom stereocenters. The van der Waals surface area contributed by atoms with Gasteiger partial charge in [0.05, 0.1) is 6.61 Å². The van der Waals surface area contributed by atoms with Crippen LogP contribution >= 0.6 is 7.82 Å². The number of aliphatic hydroxyl groups excluding tert-OH is 5. The second-order valence-electron chi connectivity index (χ2n) is 15.6. The lowest BCUT2D eigenvalue weighted by Gasteiger charge is -2.41. The highest BCUT2D eigenvalue weighted by molar-refractivity contribution is 7.47. The molecular formula is C43H79O13P. The summed E-state index contributed by atoms with van der Waals surface area (Å²) in [7, 11) is -5.12. The second-order valence-corrected chi connectivity index (χ2v) is 17.0.